The third-order valence-corrected chi connectivity index (χ3v) is 4.11. The Labute approximate surface area is 103 Å². The quantitative estimate of drug-likeness (QED) is 0.366. The summed E-state index contributed by atoms with van der Waals surface area (Å²) in [4.78, 5) is 19.9. The van der Waals surface area contributed by atoms with Crippen LogP contribution >= 0.6 is 26.6 Å². The Bertz CT molecular complexity index is 570. The Morgan fingerprint density at radius 3 is 2.38 bits per heavy atom. The maximum Gasteiger partial charge on any atom is 0.295 e. The molecule has 1 rings (SSSR count). The van der Waals surface area contributed by atoms with Crippen LogP contribution in [0.4, 0.5) is 5.69 Å². The largest absolute Gasteiger partial charge is 0.298 e. The van der Waals surface area contributed by atoms with Crippen LogP contribution in [-0.4, -0.2) is 19.6 Å². The molecule has 0 aromatic heterocycles. The van der Waals surface area contributed by atoms with Gasteiger partial charge in [-0.1, -0.05) is 0 Å². The van der Waals surface area contributed by atoms with Gasteiger partial charge in [0.05, 0.1) is 10.5 Å². The summed E-state index contributed by atoms with van der Waals surface area (Å²) in [6, 6.07) is 2.04. The van der Waals surface area contributed by atoms with E-state index in [1.165, 1.54) is 0 Å². The number of nitro groups is 1. The van der Waals surface area contributed by atoms with Crippen molar-refractivity contribution in [2.24, 2.45) is 0 Å². The van der Waals surface area contributed by atoms with E-state index in [4.69, 9.17) is 10.7 Å². The van der Waals surface area contributed by atoms with Crippen LogP contribution in [0.5, 0.6) is 0 Å². The van der Waals surface area contributed by atoms with E-state index in [1.807, 2.05) is 0 Å². The molecule has 86 valence electrons. The third kappa shape index (κ3) is 2.39. The van der Waals surface area contributed by atoms with Crippen molar-refractivity contribution < 1.29 is 18.1 Å². The van der Waals surface area contributed by atoms with Gasteiger partial charge in [0.15, 0.2) is 6.29 Å². The van der Waals surface area contributed by atoms with Crippen LogP contribution in [0.2, 0.25) is 0 Å². The first-order valence-electron chi connectivity index (χ1n) is 3.65. The van der Waals surface area contributed by atoms with E-state index in [1.54, 1.807) is 0 Å². The second-order valence-electron chi connectivity index (χ2n) is 2.63. The summed E-state index contributed by atoms with van der Waals surface area (Å²) in [5, 5.41) is 10.7. The molecule has 0 aliphatic carbocycles. The lowest BCUT2D eigenvalue weighted by atomic mass is 10.2. The summed E-state index contributed by atoms with van der Waals surface area (Å²) in [5.41, 5.74) is -0.863. The molecule has 1 aromatic carbocycles. The molecule has 1 aromatic rings. The molecular weight excluding hydrogens is 326 g/mol. The minimum Gasteiger partial charge on any atom is -0.298 e. The van der Waals surface area contributed by atoms with E-state index in [-0.39, 0.29) is 16.3 Å². The van der Waals surface area contributed by atoms with Gasteiger partial charge in [-0.2, -0.15) is 0 Å². The van der Waals surface area contributed by atoms with Crippen LogP contribution in [0.25, 0.3) is 0 Å². The molecule has 0 N–H and O–H groups in total. The van der Waals surface area contributed by atoms with Crippen molar-refractivity contribution in [3.8, 4) is 0 Å². The molecule has 0 amide bonds. The second kappa shape index (κ2) is 4.48. The average molecular weight is 329 g/mol. The molecule has 0 saturated heterocycles. The highest BCUT2D eigenvalue weighted by Crippen LogP contribution is 2.35. The third-order valence-electron chi connectivity index (χ3n) is 1.68. The summed E-state index contributed by atoms with van der Waals surface area (Å²) in [5.74, 6) is 0. The van der Waals surface area contributed by atoms with Crippen LogP contribution in [0.1, 0.15) is 10.4 Å². The molecule has 0 heterocycles. The Morgan fingerprint density at radius 2 is 2.00 bits per heavy atom. The topological polar surface area (TPSA) is 94.3 Å². The number of nitro benzene ring substituents is 1. The molecule has 0 aliphatic rings. The van der Waals surface area contributed by atoms with Gasteiger partial charge in [-0.15, -0.1) is 0 Å². The monoisotopic (exact) mass is 327 g/mol. The van der Waals surface area contributed by atoms with Crippen molar-refractivity contribution in [3.63, 3.8) is 0 Å². The zero-order valence-corrected chi connectivity index (χ0v) is 10.5. The number of carbonyl (C=O) groups excluding carboxylic acids is 1. The fourth-order valence-corrected chi connectivity index (χ4v) is 3.38. The second-order valence-corrected chi connectivity index (χ2v) is 5.96. The molecule has 0 radical (unpaired) electrons. The van der Waals surface area contributed by atoms with Gasteiger partial charge in [-0.25, -0.2) is 8.42 Å². The lowest BCUT2D eigenvalue weighted by molar-refractivity contribution is -0.386. The molecule has 0 spiro atoms. The van der Waals surface area contributed by atoms with Crippen molar-refractivity contribution in [1.82, 2.24) is 0 Å². The maximum atomic E-state index is 11.1. The highest BCUT2D eigenvalue weighted by molar-refractivity contribution is 9.10. The van der Waals surface area contributed by atoms with Crippen LogP contribution in [0.3, 0.4) is 0 Å². The van der Waals surface area contributed by atoms with Crippen molar-refractivity contribution in [1.29, 1.82) is 0 Å². The van der Waals surface area contributed by atoms with Crippen LogP contribution < -0.4 is 0 Å². The fraction of sp³-hybridized carbons (Fsp3) is 0. The Kier molecular flexibility index (Phi) is 3.66. The van der Waals surface area contributed by atoms with Crippen molar-refractivity contribution >= 4 is 47.6 Å². The molecule has 6 nitrogen and oxygen atoms in total. The number of halogens is 2. The van der Waals surface area contributed by atoms with Crippen LogP contribution in [0.15, 0.2) is 21.5 Å². The zero-order valence-electron chi connectivity index (χ0n) is 7.38. The van der Waals surface area contributed by atoms with Crippen LogP contribution in [-0.2, 0) is 9.05 Å². The Balaban J connectivity index is 3.70. The van der Waals surface area contributed by atoms with E-state index < -0.39 is 24.6 Å². The maximum absolute atomic E-state index is 11.1. The zero-order chi connectivity index (χ0) is 12.5. The van der Waals surface area contributed by atoms with E-state index in [0.717, 1.165) is 12.1 Å². The Hall–Kier alpha value is -0.990. The number of hydrogen-bond donors (Lipinski definition) is 0. The SMILES string of the molecule is O=Cc1ccc(S(=O)(=O)Cl)c(Br)c1[N+](=O)[O-]. The first-order valence-corrected chi connectivity index (χ1v) is 6.76. The minimum atomic E-state index is -4.11. The van der Waals surface area contributed by atoms with Gasteiger partial charge in [0.2, 0.25) is 0 Å². The van der Waals surface area contributed by atoms with Gasteiger partial charge >= 0.3 is 0 Å². The standard InChI is InChI=1S/C7H3BrClNO5S/c8-6-5(16(9,14)15)2-1-4(3-11)7(6)10(12)13/h1-3H. The lowest BCUT2D eigenvalue weighted by Crippen LogP contribution is -2.00. The van der Waals surface area contributed by atoms with Crippen molar-refractivity contribution in [3.05, 3.63) is 32.3 Å². The summed E-state index contributed by atoms with van der Waals surface area (Å²) in [7, 11) is 0.958. The predicted octanol–water partition coefficient (Wildman–Crippen LogP) is 2.10. The molecule has 0 bridgehead atoms. The number of hydrogen-bond acceptors (Lipinski definition) is 5. The number of carbonyl (C=O) groups is 1. The molecule has 16 heavy (non-hydrogen) atoms. The average Bonchev–Trinajstić information content (AvgIpc) is 2.14. The molecule has 0 fully saturated rings. The van der Waals surface area contributed by atoms with E-state index >= 15 is 0 Å². The first-order chi connectivity index (χ1) is 7.29. The first kappa shape index (κ1) is 13.1. The minimum absolute atomic E-state index is 0.235. The van der Waals surface area contributed by atoms with Gasteiger partial charge < -0.3 is 0 Å². The molecule has 0 unspecified atom stereocenters. The number of aldehydes is 1. The summed E-state index contributed by atoms with van der Waals surface area (Å²) in [6.07, 6.45) is 0.257. The van der Waals surface area contributed by atoms with Crippen molar-refractivity contribution in [2.75, 3.05) is 0 Å². The smallest absolute Gasteiger partial charge is 0.295 e. The van der Waals surface area contributed by atoms with Crippen LogP contribution in [0, 0.1) is 10.1 Å². The Morgan fingerprint density at radius 1 is 1.44 bits per heavy atom. The van der Waals surface area contributed by atoms with Gasteiger partial charge in [0.1, 0.15) is 9.37 Å². The number of benzene rings is 1. The summed E-state index contributed by atoms with van der Waals surface area (Å²) in [6.45, 7) is 0. The van der Waals surface area contributed by atoms with Gasteiger partial charge in [0, 0.05) is 10.7 Å². The van der Waals surface area contributed by atoms with E-state index in [2.05, 4.69) is 15.9 Å². The van der Waals surface area contributed by atoms with E-state index in [0.29, 0.717) is 0 Å². The van der Waals surface area contributed by atoms with Gasteiger partial charge in [-0.3, -0.25) is 14.9 Å². The normalized spacial score (nSPS) is 11.1. The predicted molar refractivity (Wildman–Crippen MR) is 59.2 cm³/mol. The van der Waals surface area contributed by atoms with Gasteiger partial charge in [0.25, 0.3) is 14.7 Å². The molecular formula is C7H3BrClNO5S. The highest BCUT2D eigenvalue weighted by Gasteiger charge is 2.26. The molecule has 0 saturated carbocycles. The number of nitrogens with zero attached hydrogens (tertiary/aromatic N) is 1. The lowest BCUT2D eigenvalue weighted by Gasteiger charge is -2.02. The molecule has 0 atom stereocenters. The summed E-state index contributed by atoms with van der Waals surface area (Å²) < 4.78 is 21.8. The molecule has 0 aliphatic heterocycles. The summed E-state index contributed by atoms with van der Waals surface area (Å²) >= 11 is 2.75. The number of rotatable bonds is 3. The fourth-order valence-electron chi connectivity index (χ4n) is 1.03. The van der Waals surface area contributed by atoms with Gasteiger partial charge in [-0.05, 0) is 28.1 Å². The molecule has 9 heteroatoms. The highest BCUT2D eigenvalue weighted by atomic mass is 79.9. The van der Waals surface area contributed by atoms with E-state index in [9.17, 15) is 23.3 Å². The van der Waals surface area contributed by atoms with Crippen molar-refractivity contribution in [2.45, 2.75) is 4.90 Å².